The third kappa shape index (κ3) is 4.09. The number of nitrogens with zero attached hydrogens (tertiary/aromatic N) is 2. The van der Waals surface area contributed by atoms with E-state index in [1.54, 1.807) is 22.4 Å². The minimum atomic E-state index is -3.62. The SMILES string of the molecule is CN(CC(=O)N1CCO[C@@H](c2ccccc2)C1)S(=O)(=O)c1cccs1. The van der Waals surface area contributed by atoms with Gasteiger partial charge in [-0.1, -0.05) is 36.4 Å². The number of ether oxygens (including phenoxy) is 1. The van der Waals surface area contributed by atoms with Gasteiger partial charge in [0.1, 0.15) is 10.3 Å². The average Bonchev–Trinajstić information content (AvgIpc) is 3.18. The molecule has 0 aliphatic carbocycles. The van der Waals surface area contributed by atoms with Crippen molar-refractivity contribution in [2.45, 2.75) is 10.3 Å². The van der Waals surface area contributed by atoms with Crippen LogP contribution >= 0.6 is 11.3 Å². The summed E-state index contributed by atoms with van der Waals surface area (Å²) in [6.07, 6.45) is -0.182. The lowest BCUT2D eigenvalue weighted by Gasteiger charge is -2.34. The monoisotopic (exact) mass is 380 g/mol. The Hall–Kier alpha value is -1.74. The maximum absolute atomic E-state index is 12.6. The molecule has 0 bridgehead atoms. The molecular formula is C17H20N2O4S2. The van der Waals surface area contributed by atoms with Gasteiger partial charge in [0.05, 0.1) is 19.7 Å². The summed E-state index contributed by atoms with van der Waals surface area (Å²) in [6.45, 7) is 1.15. The molecule has 3 rings (SSSR count). The van der Waals surface area contributed by atoms with Gasteiger partial charge >= 0.3 is 0 Å². The van der Waals surface area contributed by atoms with E-state index in [4.69, 9.17) is 4.74 Å². The van der Waals surface area contributed by atoms with Crippen LogP contribution in [0, 0.1) is 0 Å². The molecule has 0 unspecified atom stereocenters. The van der Waals surface area contributed by atoms with Crippen molar-refractivity contribution in [2.75, 3.05) is 33.3 Å². The number of hydrogen-bond donors (Lipinski definition) is 0. The maximum atomic E-state index is 12.6. The molecule has 0 spiro atoms. The molecule has 1 atom stereocenters. The molecule has 1 saturated heterocycles. The second kappa shape index (κ2) is 7.65. The zero-order chi connectivity index (χ0) is 17.9. The highest BCUT2D eigenvalue weighted by Crippen LogP contribution is 2.23. The number of sulfonamides is 1. The fourth-order valence-electron chi connectivity index (χ4n) is 2.68. The van der Waals surface area contributed by atoms with Gasteiger partial charge in [-0.2, -0.15) is 4.31 Å². The number of rotatable bonds is 5. The summed E-state index contributed by atoms with van der Waals surface area (Å²) in [6, 6.07) is 12.9. The molecule has 8 heteroatoms. The third-order valence-electron chi connectivity index (χ3n) is 4.11. The Balaban J connectivity index is 1.65. The van der Waals surface area contributed by atoms with Gasteiger partial charge in [0.2, 0.25) is 5.91 Å². The van der Waals surface area contributed by atoms with Crippen molar-refractivity contribution in [3.8, 4) is 0 Å². The lowest BCUT2D eigenvalue weighted by Crippen LogP contribution is -2.46. The number of thiophene rings is 1. The summed E-state index contributed by atoms with van der Waals surface area (Å²) < 4.78 is 32.0. The van der Waals surface area contributed by atoms with E-state index in [2.05, 4.69) is 0 Å². The fraction of sp³-hybridized carbons (Fsp3) is 0.353. The van der Waals surface area contributed by atoms with Gasteiger partial charge in [-0.15, -0.1) is 11.3 Å². The molecule has 2 heterocycles. The molecule has 1 aromatic heterocycles. The molecule has 1 amide bonds. The number of amides is 1. The minimum absolute atomic E-state index is 0.179. The van der Waals surface area contributed by atoms with E-state index in [9.17, 15) is 13.2 Å². The van der Waals surface area contributed by atoms with Crippen LogP contribution in [0.15, 0.2) is 52.1 Å². The van der Waals surface area contributed by atoms with Gasteiger partial charge < -0.3 is 9.64 Å². The van der Waals surface area contributed by atoms with E-state index in [-0.39, 0.29) is 22.8 Å². The second-order valence-electron chi connectivity index (χ2n) is 5.80. The Morgan fingerprint density at radius 3 is 2.72 bits per heavy atom. The van der Waals surface area contributed by atoms with Gasteiger partial charge in [-0.3, -0.25) is 4.79 Å². The number of carbonyl (C=O) groups excluding carboxylic acids is 1. The Kier molecular flexibility index (Phi) is 5.53. The highest BCUT2D eigenvalue weighted by Gasteiger charge is 2.29. The van der Waals surface area contributed by atoms with Crippen LogP contribution in [-0.4, -0.2) is 56.8 Å². The van der Waals surface area contributed by atoms with Crippen LogP contribution in [0.3, 0.4) is 0 Å². The first-order valence-corrected chi connectivity index (χ1v) is 10.2. The first-order chi connectivity index (χ1) is 12.0. The van der Waals surface area contributed by atoms with Crippen molar-refractivity contribution in [1.82, 2.24) is 9.21 Å². The average molecular weight is 380 g/mol. The van der Waals surface area contributed by atoms with Gasteiger partial charge in [0.15, 0.2) is 0 Å². The highest BCUT2D eigenvalue weighted by molar-refractivity contribution is 7.91. The Labute approximate surface area is 151 Å². The van der Waals surface area contributed by atoms with Gasteiger partial charge in [-0.25, -0.2) is 8.42 Å². The van der Waals surface area contributed by atoms with Crippen molar-refractivity contribution in [2.24, 2.45) is 0 Å². The van der Waals surface area contributed by atoms with Crippen LogP contribution in [0.4, 0.5) is 0 Å². The molecule has 1 fully saturated rings. The number of benzene rings is 1. The molecule has 0 radical (unpaired) electrons. The maximum Gasteiger partial charge on any atom is 0.252 e. The molecule has 6 nitrogen and oxygen atoms in total. The first-order valence-electron chi connectivity index (χ1n) is 7.92. The van der Waals surface area contributed by atoms with Crippen LogP contribution in [-0.2, 0) is 19.6 Å². The summed E-state index contributed by atoms with van der Waals surface area (Å²) in [5.74, 6) is -0.216. The van der Waals surface area contributed by atoms with E-state index < -0.39 is 10.0 Å². The van der Waals surface area contributed by atoms with Crippen LogP contribution in [0.1, 0.15) is 11.7 Å². The molecule has 134 valence electrons. The summed E-state index contributed by atoms with van der Waals surface area (Å²) in [4.78, 5) is 14.2. The molecule has 1 aliphatic rings. The lowest BCUT2D eigenvalue weighted by molar-refractivity contribution is -0.139. The molecule has 0 saturated carbocycles. The lowest BCUT2D eigenvalue weighted by atomic mass is 10.1. The Morgan fingerprint density at radius 2 is 2.04 bits per heavy atom. The van der Waals surface area contributed by atoms with E-state index in [0.717, 1.165) is 21.2 Å². The minimum Gasteiger partial charge on any atom is -0.370 e. The number of hydrogen-bond acceptors (Lipinski definition) is 5. The highest BCUT2D eigenvalue weighted by atomic mass is 32.2. The molecule has 1 aliphatic heterocycles. The topological polar surface area (TPSA) is 66.9 Å². The normalized spacial score (nSPS) is 18.5. The standard InChI is InChI=1S/C17H20N2O4S2/c1-18(25(21,22)17-8-5-11-24-17)13-16(20)19-9-10-23-15(12-19)14-6-3-2-4-7-14/h2-8,11,15H,9-10,12-13H2,1H3/t15-/m1/s1. The number of morpholine rings is 1. The van der Waals surface area contributed by atoms with E-state index in [1.807, 2.05) is 30.3 Å². The number of likely N-dealkylation sites (N-methyl/N-ethyl adjacent to an activating group) is 1. The second-order valence-corrected chi connectivity index (χ2v) is 9.02. The largest absolute Gasteiger partial charge is 0.370 e. The van der Waals surface area contributed by atoms with Crippen LogP contribution in [0.5, 0.6) is 0 Å². The van der Waals surface area contributed by atoms with Gasteiger partial charge in [0.25, 0.3) is 10.0 Å². The summed E-state index contributed by atoms with van der Waals surface area (Å²) >= 11 is 1.14. The summed E-state index contributed by atoms with van der Waals surface area (Å²) in [5, 5.41) is 1.70. The molecular weight excluding hydrogens is 360 g/mol. The zero-order valence-corrected chi connectivity index (χ0v) is 15.5. The predicted molar refractivity (Wildman–Crippen MR) is 95.8 cm³/mol. The predicted octanol–water partition coefficient (Wildman–Crippen LogP) is 1.97. The van der Waals surface area contributed by atoms with E-state index in [1.165, 1.54) is 7.05 Å². The molecule has 25 heavy (non-hydrogen) atoms. The Morgan fingerprint density at radius 1 is 1.28 bits per heavy atom. The van der Waals surface area contributed by atoms with Crippen LogP contribution in [0.2, 0.25) is 0 Å². The van der Waals surface area contributed by atoms with Crippen molar-refractivity contribution in [3.63, 3.8) is 0 Å². The van der Waals surface area contributed by atoms with E-state index in [0.29, 0.717) is 19.7 Å². The third-order valence-corrected chi connectivity index (χ3v) is 7.28. The zero-order valence-electron chi connectivity index (χ0n) is 13.9. The van der Waals surface area contributed by atoms with Crippen LogP contribution < -0.4 is 0 Å². The number of carbonyl (C=O) groups is 1. The summed E-state index contributed by atoms with van der Waals surface area (Å²) in [7, 11) is -2.19. The molecule has 1 aromatic carbocycles. The Bertz CT molecular complexity index is 806. The van der Waals surface area contributed by atoms with Crippen molar-refractivity contribution >= 4 is 27.3 Å². The van der Waals surface area contributed by atoms with Crippen molar-refractivity contribution < 1.29 is 17.9 Å². The summed E-state index contributed by atoms with van der Waals surface area (Å²) in [5.41, 5.74) is 1.01. The van der Waals surface area contributed by atoms with Crippen LogP contribution in [0.25, 0.3) is 0 Å². The molecule has 0 N–H and O–H groups in total. The molecule has 2 aromatic rings. The van der Waals surface area contributed by atoms with Crippen molar-refractivity contribution in [1.29, 1.82) is 0 Å². The van der Waals surface area contributed by atoms with Gasteiger partial charge in [-0.05, 0) is 17.0 Å². The fourth-order valence-corrected chi connectivity index (χ4v) is 5.01. The van der Waals surface area contributed by atoms with Gasteiger partial charge in [0, 0.05) is 13.6 Å². The van der Waals surface area contributed by atoms with Crippen molar-refractivity contribution in [3.05, 3.63) is 53.4 Å². The van der Waals surface area contributed by atoms with E-state index >= 15 is 0 Å². The first kappa shape index (κ1) is 18.1. The smallest absolute Gasteiger partial charge is 0.252 e. The quantitative estimate of drug-likeness (QED) is 0.795.